The van der Waals surface area contributed by atoms with Crippen LogP contribution in [0.5, 0.6) is 0 Å². The van der Waals surface area contributed by atoms with Gasteiger partial charge in [-0.3, -0.25) is 5.32 Å². The lowest BCUT2D eigenvalue weighted by Crippen LogP contribution is -2.39. The highest BCUT2D eigenvalue weighted by Crippen LogP contribution is 2.55. The number of nitriles is 1. The van der Waals surface area contributed by atoms with E-state index in [-0.39, 0.29) is 17.6 Å². The molecule has 0 radical (unpaired) electrons. The molecule has 8 rings (SSSR count). The zero-order valence-electron chi connectivity index (χ0n) is 27.1. The van der Waals surface area contributed by atoms with Crippen LogP contribution in [-0.4, -0.2) is 0 Å². The molecule has 5 aromatic carbocycles. The molecule has 2 heterocycles. The third-order valence-electron chi connectivity index (χ3n) is 9.87. The van der Waals surface area contributed by atoms with Crippen LogP contribution in [0, 0.1) is 11.3 Å². The van der Waals surface area contributed by atoms with Gasteiger partial charge in [-0.15, -0.1) is 0 Å². The lowest BCUT2D eigenvalue weighted by molar-refractivity contribution is 0.442. The number of benzene rings is 5. The van der Waals surface area contributed by atoms with Gasteiger partial charge in [0.1, 0.15) is 6.17 Å². The number of anilines is 2. The van der Waals surface area contributed by atoms with Crippen LogP contribution < -0.4 is 15.5 Å². The van der Waals surface area contributed by atoms with Crippen molar-refractivity contribution in [2.75, 3.05) is 4.90 Å². The molecule has 0 spiro atoms. The Bertz CT molecular complexity index is 2210. The summed E-state index contributed by atoms with van der Waals surface area (Å²) in [4.78, 5) is 2.33. The molecule has 2 atom stereocenters. The maximum absolute atomic E-state index is 9.62. The van der Waals surface area contributed by atoms with Crippen LogP contribution in [0.25, 0.3) is 22.4 Å². The number of nitrogens with zero attached hydrogens (tertiary/aromatic N) is 2. The summed E-state index contributed by atoms with van der Waals surface area (Å²) in [5, 5.41) is 17.2. The molecule has 2 N–H and O–H groups in total. The first-order valence-electron chi connectivity index (χ1n) is 16.4. The summed E-state index contributed by atoms with van der Waals surface area (Å²) in [5.74, 6) is 0. The maximum atomic E-state index is 9.62. The Hall–Kier alpha value is -5.89. The van der Waals surface area contributed by atoms with E-state index >= 15 is 0 Å². The Kier molecular flexibility index (Phi) is 7.21. The van der Waals surface area contributed by atoms with Crippen LogP contribution in [0.2, 0.25) is 0 Å². The summed E-state index contributed by atoms with van der Waals surface area (Å²) in [7, 11) is 0. The molecule has 0 saturated heterocycles. The van der Waals surface area contributed by atoms with Gasteiger partial charge in [-0.2, -0.15) is 5.26 Å². The molecular weight excluding hydrogens is 585 g/mol. The van der Waals surface area contributed by atoms with E-state index in [1.807, 2.05) is 24.3 Å². The number of fused-ring (bicyclic) bond motifs is 5. The van der Waals surface area contributed by atoms with Gasteiger partial charge in [0.05, 0.1) is 23.4 Å². The highest BCUT2D eigenvalue weighted by molar-refractivity contribution is 5.99. The summed E-state index contributed by atoms with van der Waals surface area (Å²) >= 11 is 0. The van der Waals surface area contributed by atoms with Gasteiger partial charge in [0.25, 0.3) is 0 Å². The van der Waals surface area contributed by atoms with Crippen molar-refractivity contribution < 1.29 is 0 Å². The predicted molar refractivity (Wildman–Crippen MR) is 197 cm³/mol. The molecule has 0 fully saturated rings. The number of hydrogen-bond acceptors (Lipinski definition) is 4. The average Bonchev–Trinajstić information content (AvgIpc) is 3.37. The van der Waals surface area contributed by atoms with Crippen LogP contribution >= 0.6 is 0 Å². The minimum atomic E-state index is -0.185. The molecule has 3 aliphatic rings. The number of hydrogen-bond donors (Lipinski definition) is 2. The first-order valence-corrected chi connectivity index (χ1v) is 16.4. The van der Waals surface area contributed by atoms with Crippen molar-refractivity contribution in [3.05, 3.63) is 191 Å². The van der Waals surface area contributed by atoms with E-state index in [1.54, 1.807) is 0 Å². The SMILES string of the molecule is C=C1/C=C\C=C/N(c2cccc(C3NC(c4ccccc4)=CC(c4cccc(C#N)c4)N3)c2)c2c1ccc1c2-c2ccccc2C1(C)C. The Morgan fingerprint density at radius 3 is 2.42 bits per heavy atom. The summed E-state index contributed by atoms with van der Waals surface area (Å²) in [5.41, 5.74) is 14.4. The highest BCUT2D eigenvalue weighted by Gasteiger charge is 2.38. The zero-order chi connectivity index (χ0) is 32.8. The van der Waals surface area contributed by atoms with E-state index in [9.17, 15) is 5.26 Å². The molecule has 5 aromatic rings. The fourth-order valence-corrected chi connectivity index (χ4v) is 7.44. The Morgan fingerprint density at radius 2 is 1.56 bits per heavy atom. The van der Waals surface area contributed by atoms with Crippen molar-refractivity contribution in [3.8, 4) is 17.2 Å². The third-order valence-corrected chi connectivity index (χ3v) is 9.87. The van der Waals surface area contributed by atoms with Crippen molar-refractivity contribution in [2.45, 2.75) is 31.5 Å². The maximum Gasteiger partial charge on any atom is 0.104 e. The third kappa shape index (κ3) is 4.97. The molecule has 0 amide bonds. The highest BCUT2D eigenvalue weighted by atomic mass is 15.2. The second kappa shape index (κ2) is 11.7. The lowest BCUT2D eigenvalue weighted by Gasteiger charge is -2.34. The Morgan fingerprint density at radius 1 is 0.771 bits per heavy atom. The normalized spacial score (nSPS) is 20.1. The number of allylic oxidation sites excluding steroid dienone is 4. The molecule has 0 aromatic heterocycles. The lowest BCUT2D eigenvalue weighted by atomic mass is 9.82. The quantitative estimate of drug-likeness (QED) is 0.210. The van der Waals surface area contributed by atoms with Gasteiger partial charge in [-0.25, -0.2) is 0 Å². The molecule has 0 saturated carbocycles. The van der Waals surface area contributed by atoms with E-state index in [0.717, 1.165) is 44.9 Å². The molecule has 1 aliphatic carbocycles. The second-order valence-electron chi connectivity index (χ2n) is 13.2. The van der Waals surface area contributed by atoms with Gasteiger partial charge in [0.2, 0.25) is 0 Å². The summed E-state index contributed by atoms with van der Waals surface area (Å²) in [6.07, 6.45) is 10.4. The fourth-order valence-electron chi connectivity index (χ4n) is 7.44. The number of nitrogens with one attached hydrogen (secondary N) is 2. The minimum absolute atomic E-state index is 0.0961. The van der Waals surface area contributed by atoms with Crippen LogP contribution in [-0.2, 0) is 5.41 Å². The minimum Gasteiger partial charge on any atom is -0.366 e. The van der Waals surface area contributed by atoms with Gasteiger partial charge in [0, 0.05) is 34.1 Å². The van der Waals surface area contributed by atoms with Gasteiger partial charge in [0.15, 0.2) is 0 Å². The summed E-state index contributed by atoms with van der Waals surface area (Å²) in [6, 6.07) is 42.6. The molecule has 2 aliphatic heterocycles. The molecule has 2 unspecified atom stereocenters. The van der Waals surface area contributed by atoms with E-state index in [1.165, 1.54) is 22.3 Å². The topological polar surface area (TPSA) is 51.1 Å². The van der Waals surface area contributed by atoms with Gasteiger partial charge < -0.3 is 10.2 Å². The fraction of sp³-hybridized carbons (Fsp3) is 0.114. The molecule has 48 heavy (non-hydrogen) atoms. The molecule has 0 bridgehead atoms. The standard InChI is InChI=1S/C44H36N4/c1-29-13-9-10-24-48(42-35(29)22-23-38-41(42)36-20-7-8-21-37(36)44(38,2)3)34-19-12-18-33(26-34)43-46-39(31-15-5-4-6-16-31)27-40(47-43)32-17-11-14-30(25-32)28-45/h4-27,40,43,46-47H,1H2,2-3H3/b13-9-,24-10-. The van der Waals surface area contributed by atoms with Crippen LogP contribution in [0.1, 0.15) is 65.0 Å². The van der Waals surface area contributed by atoms with Gasteiger partial charge in [-0.05, 0) is 75.4 Å². The summed E-state index contributed by atoms with van der Waals surface area (Å²) < 4.78 is 0. The smallest absolute Gasteiger partial charge is 0.104 e. The van der Waals surface area contributed by atoms with Crippen LogP contribution in [0.4, 0.5) is 11.4 Å². The second-order valence-corrected chi connectivity index (χ2v) is 13.2. The summed E-state index contributed by atoms with van der Waals surface area (Å²) in [6.45, 7) is 9.13. The van der Waals surface area contributed by atoms with E-state index in [2.05, 4.69) is 164 Å². The van der Waals surface area contributed by atoms with Crippen molar-refractivity contribution >= 4 is 22.6 Å². The van der Waals surface area contributed by atoms with Gasteiger partial charge >= 0.3 is 0 Å². The zero-order valence-corrected chi connectivity index (χ0v) is 27.1. The van der Waals surface area contributed by atoms with Crippen LogP contribution in [0.15, 0.2) is 152 Å². The van der Waals surface area contributed by atoms with Crippen molar-refractivity contribution in [2.24, 2.45) is 0 Å². The number of rotatable bonds is 4. The Balaban J connectivity index is 1.25. The van der Waals surface area contributed by atoms with Crippen molar-refractivity contribution in [3.63, 3.8) is 0 Å². The van der Waals surface area contributed by atoms with Crippen molar-refractivity contribution in [1.82, 2.24) is 10.6 Å². The first kappa shape index (κ1) is 29.5. The van der Waals surface area contributed by atoms with Crippen LogP contribution in [0.3, 0.4) is 0 Å². The molecule has 232 valence electrons. The Labute approximate surface area is 282 Å². The average molecular weight is 621 g/mol. The largest absolute Gasteiger partial charge is 0.366 e. The van der Waals surface area contributed by atoms with E-state index < -0.39 is 0 Å². The van der Waals surface area contributed by atoms with E-state index in [4.69, 9.17) is 0 Å². The molecule has 4 heteroatoms. The van der Waals surface area contributed by atoms with Crippen molar-refractivity contribution in [1.29, 1.82) is 5.26 Å². The van der Waals surface area contributed by atoms with E-state index in [0.29, 0.717) is 5.56 Å². The molecular formula is C44H36N4. The monoisotopic (exact) mass is 620 g/mol. The molecule has 4 nitrogen and oxygen atoms in total. The first-order chi connectivity index (χ1) is 23.4. The predicted octanol–water partition coefficient (Wildman–Crippen LogP) is 10.1. The van der Waals surface area contributed by atoms with Gasteiger partial charge in [-0.1, -0.05) is 124 Å².